The molecule has 2 heterocycles. The zero-order chi connectivity index (χ0) is 87.5. The van der Waals surface area contributed by atoms with Gasteiger partial charge in [-0.05, 0) is 103 Å². The van der Waals surface area contributed by atoms with Crippen molar-refractivity contribution in [2.75, 3.05) is 19.8 Å². The number of benzene rings is 5. The Hall–Kier alpha value is -10.4. The first-order valence-electron chi connectivity index (χ1n) is 40.0. The number of carbonyl (C=O) groups excluding carboxylic acids is 11. The standard InChI is InChI=1S/C47H51NO14.C43H53NO14/c1-25-31(60-43(56)36(52)35(28-16-10-7-11-17-28)48-41(54)29-18-12-8-13-19-29)23-47(57)40(61-42(55)30-20-14-9-15-21-30)38-45(6,32(51)22-33-46(38,24-58-33)62-27(3)50)39(53)37(59-26(2)49)34(25)44(47,4)5;1-22(2)20-54-39(52)44-31(25-14-10-8-11-15-25)33(48)38(51)56-27-19-43(53)36(57-37(50)26-16-12-9-13-17-26)34-41(7,35(49)32(47)30(23(27)3)40(43,5)6)28(46)18-29-42(34,21-55-29)58-24(4)45/h7-21,31-33,35-38,40,51-52,57H,22-24H2,1-6H3,(H,48,54);8-17,22,27-29,31-34,36,46-48,53H,18-21H2,1-7H3,(H,44,52)/t31-,32-,33+,35?,36+,37+,38-,40-,45+,46-,47+;27-,28-,29+,31-,32+,33+,34-,36-,41+,42-,43+/m00/s1. The van der Waals surface area contributed by atoms with Crippen molar-refractivity contribution in [3.63, 3.8) is 0 Å². The molecule has 2 amide bonds. The Balaban J connectivity index is 0.000000221. The average Bonchev–Trinajstić information content (AvgIpc) is 0.673. The molecule has 9 N–H and O–H groups in total. The zero-order valence-corrected chi connectivity index (χ0v) is 68.9. The van der Waals surface area contributed by atoms with Gasteiger partial charge < -0.3 is 93.7 Å². The maximum atomic E-state index is 15.5. The van der Waals surface area contributed by atoms with Crippen LogP contribution in [0.4, 0.5) is 4.79 Å². The van der Waals surface area contributed by atoms with Crippen molar-refractivity contribution in [2.45, 2.75) is 223 Å². The fourth-order valence-corrected chi connectivity index (χ4v) is 19.7. The van der Waals surface area contributed by atoms with Crippen LogP contribution in [0.25, 0.3) is 0 Å². The minimum absolute atomic E-state index is 0.000264. The normalized spacial score (nSPS) is 32.6. The quantitative estimate of drug-likeness (QED) is 0.0218. The summed E-state index contributed by atoms with van der Waals surface area (Å²) in [6, 6.07) is 37.6. The number of alkyl carbamates (subject to hydrolysis) is 1. The van der Waals surface area contributed by atoms with Gasteiger partial charge >= 0.3 is 47.9 Å². The molecular formula is C90H104N2O28. The average molecular weight is 1660 g/mol. The number of ketones is 2. The van der Waals surface area contributed by atoms with E-state index in [0.29, 0.717) is 11.1 Å². The summed E-state index contributed by atoms with van der Waals surface area (Å²) in [6.45, 7) is 18.6. The summed E-state index contributed by atoms with van der Waals surface area (Å²) < 4.78 is 59.6. The summed E-state index contributed by atoms with van der Waals surface area (Å²) in [5, 5.41) is 91.8. The third-order valence-corrected chi connectivity index (χ3v) is 26.2. The van der Waals surface area contributed by atoms with Gasteiger partial charge in [-0.1, -0.05) is 157 Å². The molecule has 2 saturated heterocycles. The molecule has 13 rings (SSSR count). The number of nitrogens with one attached hydrogen (secondary N) is 2. The number of ether oxygens (including phenoxy) is 10. The van der Waals surface area contributed by atoms with Crippen LogP contribution in [0.2, 0.25) is 0 Å². The van der Waals surface area contributed by atoms with Gasteiger partial charge in [-0.25, -0.2) is 24.0 Å². The molecule has 0 aromatic heterocycles. The summed E-state index contributed by atoms with van der Waals surface area (Å²) >= 11 is 0. The first-order chi connectivity index (χ1) is 56.5. The van der Waals surface area contributed by atoms with Gasteiger partial charge in [-0.3, -0.25) is 28.8 Å². The first-order valence-corrected chi connectivity index (χ1v) is 40.0. The fraction of sp³-hybridized carbons (Fsp3) is 0.500. The van der Waals surface area contributed by atoms with Crippen LogP contribution in [0.1, 0.15) is 170 Å². The predicted octanol–water partition coefficient (Wildman–Crippen LogP) is 6.85. The van der Waals surface area contributed by atoms with Crippen molar-refractivity contribution in [3.8, 4) is 0 Å². The van der Waals surface area contributed by atoms with Crippen LogP contribution in [0.3, 0.4) is 0 Å². The molecule has 0 spiro atoms. The molecule has 30 heteroatoms. The van der Waals surface area contributed by atoms with Gasteiger partial charge in [-0.2, -0.15) is 0 Å². The molecule has 120 heavy (non-hydrogen) atoms. The van der Waals surface area contributed by atoms with Crippen molar-refractivity contribution in [1.82, 2.24) is 10.6 Å². The summed E-state index contributed by atoms with van der Waals surface area (Å²) in [5.74, 6) is -12.2. The summed E-state index contributed by atoms with van der Waals surface area (Å²) in [4.78, 5) is 152. The second-order valence-electron chi connectivity index (χ2n) is 34.4. The van der Waals surface area contributed by atoms with Crippen LogP contribution in [0.5, 0.6) is 0 Å². The molecule has 30 nitrogen and oxygen atoms in total. The number of carbonyl (C=O) groups is 11. The number of amides is 2. The molecule has 2 aliphatic heterocycles. The maximum absolute atomic E-state index is 15.5. The first kappa shape index (κ1) is 88.9. The van der Waals surface area contributed by atoms with Crippen LogP contribution in [-0.2, 0) is 80.9 Å². The van der Waals surface area contributed by atoms with Crippen molar-refractivity contribution in [3.05, 3.63) is 202 Å². The molecule has 8 aliphatic rings. The number of fused-ring (bicyclic) bond motifs is 10. The summed E-state index contributed by atoms with van der Waals surface area (Å²) in [5.41, 5.74) is -14.2. The Morgan fingerprint density at radius 3 is 1.23 bits per heavy atom. The van der Waals surface area contributed by atoms with Gasteiger partial charge in [0.05, 0.1) is 77.9 Å². The second kappa shape index (κ2) is 33.9. The maximum Gasteiger partial charge on any atom is 0.407 e. The number of Topliss-reactive ketones (excluding diaryl/α,β-unsaturated/α-hetero) is 2. The van der Waals surface area contributed by atoms with Crippen LogP contribution in [0.15, 0.2) is 174 Å². The number of esters is 7. The Kier molecular flexibility index (Phi) is 25.1. The molecule has 6 aliphatic carbocycles. The lowest BCUT2D eigenvalue weighted by Crippen LogP contribution is -2.82. The van der Waals surface area contributed by atoms with E-state index in [1.165, 1.54) is 52.0 Å². The minimum atomic E-state index is -2.39. The van der Waals surface area contributed by atoms with Crippen molar-refractivity contribution in [2.24, 2.45) is 39.4 Å². The fourth-order valence-electron chi connectivity index (χ4n) is 19.7. The van der Waals surface area contributed by atoms with Gasteiger partial charge in [-0.15, -0.1) is 0 Å². The number of hydrogen-bond donors (Lipinski definition) is 9. The Labute approximate surface area is 693 Å². The smallest absolute Gasteiger partial charge is 0.407 e. The van der Waals surface area contributed by atoms with Gasteiger partial charge in [0.2, 0.25) is 0 Å². The Bertz CT molecular complexity index is 4830. The van der Waals surface area contributed by atoms with Gasteiger partial charge in [0.1, 0.15) is 53.9 Å². The van der Waals surface area contributed by atoms with Crippen LogP contribution in [0, 0.1) is 39.4 Å². The van der Waals surface area contributed by atoms with E-state index >= 15 is 4.79 Å². The largest absolute Gasteiger partial charge is 0.456 e. The van der Waals surface area contributed by atoms with E-state index in [1.54, 1.807) is 155 Å². The monoisotopic (exact) mass is 1660 g/mol. The summed E-state index contributed by atoms with van der Waals surface area (Å²) in [7, 11) is 0. The molecule has 1 unspecified atom stereocenters. The molecule has 4 saturated carbocycles. The third kappa shape index (κ3) is 15.5. The third-order valence-electron chi connectivity index (χ3n) is 26.2. The van der Waals surface area contributed by atoms with E-state index in [1.807, 2.05) is 13.8 Å². The number of hydrogen-bond acceptors (Lipinski definition) is 28. The van der Waals surface area contributed by atoms with E-state index in [2.05, 4.69) is 10.6 Å². The number of aliphatic hydroxyl groups is 7. The van der Waals surface area contributed by atoms with Crippen molar-refractivity contribution in [1.29, 1.82) is 0 Å². The van der Waals surface area contributed by atoms with Crippen LogP contribution < -0.4 is 10.6 Å². The predicted molar refractivity (Wildman–Crippen MR) is 421 cm³/mol. The summed E-state index contributed by atoms with van der Waals surface area (Å²) in [6.07, 6.45) is -21.9. The molecule has 0 radical (unpaired) electrons. The van der Waals surface area contributed by atoms with Gasteiger partial charge in [0.25, 0.3) is 5.91 Å². The molecule has 5 aromatic rings. The van der Waals surface area contributed by atoms with Crippen LogP contribution >= 0.6 is 0 Å². The highest BCUT2D eigenvalue weighted by Crippen LogP contribution is 2.67. The van der Waals surface area contributed by atoms with E-state index in [4.69, 9.17) is 47.4 Å². The molecule has 4 bridgehead atoms. The van der Waals surface area contributed by atoms with E-state index < -0.39 is 219 Å². The van der Waals surface area contributed by atoms with E-state index in [9.17, 15) is 83.7 Å². The highest BCUT2D eigenvalue weighted by Gasteiger charge is 2.81. The molecule has 22 atom stereocenters. The molecule has 6 fully saturated rings. The SMILES string of the molecule is CC(=O)O[C@@]12CO[C@@H]1C[C@H](O)[C@@]1(C)C(=O)[C@H](O)C3=C(C)[C@@H](OC(=O)[C@H](O)[C@@H](NC(=O)OCC(C)C)c4ccccc4)C[C@@](O)([C@@H](OC(=O)c4ccccc4)[C@H]21)C3(C)C.CC(=O)O[C@H]1C(=O)[C@@]2(C)[C@H]([C@H](OC(=O)c3ccccc3)[C@]3(O)C[C@H](OC(=O)[C@H](O)C(NC(=O)c4ccccc4)c4ccccc4)C(C)=C1C3(C)C)[C@]1(OC(C)=O)CO[C@@H]1C[C@@H]2O. The highest BCUT2D eigenvalue weighted by atomic mass is 16.7. The zero-order valence-electron chi connectivity index (χ0n) is 68.9. The minimum Gasteiger partial charge on any atom is -0.456 e. The highest BCUT2D eigenvalue weighted by molar-refractivity contribution is 5.97. The topological polar surface area (TPSA) is 446 Å². The van der Waals surface area contributed by atoms with Crippen LogP contribution in [-0.4, -0.2) is 217 Å². The van der Waals surface area contributed by atoms with E-state index in [0.717, 1.165) is 20.8 Å². The van der Waals surface area contributed by atoms with E-state index in [-0.39, 0.29) is 77.6 Å². The van der Waals surface area contributed by atoms with Crippen molar-refractivity contribution < 1.29 is 136 Å². The van der Waals surface area contributed by atoms with Crippen molar-refractivity contribution >= 4 is 65.4 Å². The number of aliphatic hydroxyl groups excluding tert-OH is 5. The lowest BCUT2D eigenvalue weighted by Gasteiger charge is -2.67. The van der Waals surface area contributed by atoms with Gasteiger partial charge in [0.15, 0.2) is 41.1 Å². The Morgan fingerprint density at radius 2 is 0.850 bits per heavy atom. The molecular weight excluding hydrogens is 1560 g/mol. The molecule has 5 aromatic carbocycles. The lowest BCUT2D eigenvalue weighted by atomic mass is 9.44. The molecule has 642 valence electrons. The van der Waals surface area contributed by atoms with Gasteiger partial charge in [0, 0.05) is 62.8 Å². The second-order valence-corrected chi connectivity index (χ2v) is 34.4. The Morgan fingerprint density at radius 1 is 0.483 bits per heavy atom. The lowest BCUT2D eigenvalue weighted by molar-refractivity contribution is -0.346. The number of rotatable bonds is 20.